The lowest BCUT2D eigenvalue weighted by Gasteiger charge is -2.29. The van der Waals surface area contributed by atoms with E-state index in [1.54, 1.807) is 7.11 Å². The van der Waals surface area contributed by atoms with Gasteiger partial charge in [-0.25, -0.2) is 0 Å². The summed E-state index contributed by atoms with van der Waals surface area (Å²) in [5.41, 5.74) is 2.29. The molecule has 0 aromatic heterocycles. The van der Waals surface area contributed by atoms with E-state index in [1.807, 2.05) is 12.1 Å². The number of methoxy groups -OCH3 is 1. The number of rotatable bonds is 5. The summed E-state index contributed by atoms with van der Waals surface area (Å²) in [7, 11) is 1.73. The molecule has 1 aliphatic carbocycles. The van der Waals surface area contributed by atoms with E-state index in [9.17, 15) is 0 Å². The number of hydrogen-bond acceptors (Lipinski definition) is 3. The third kappa shape index (κ3) is 4.19. The molecule has 3 heteroatoms. The number of nitrogens with one attached hydrogen (secondary N) is 2. The summed E-state index contributed by atoms with van der Waals surface area (Å²) < 4.78 is 5.49. The zero-order valence-corrected chi connectivity index (χ0v) is 13.8. The van der Waals surface area contributed by atoms with Crippen molar-refractivity contribution in [3.05, 3.63) is 54.6 Å². The van der Waals surface area contributed by atoms with Gasteiger partial charge < -0.3 is 15.4 Å². The Labute approximate surface area is 139 Å². The Morgan fingerprint density at radius 1 is 0.783 bits per heavy atom. The molecule has 0 saturated heterocycles. The van der Waals surface area contributed by atoms with E-state index >= 15 is 0 Å². The molecule has 2 aromatic carbocycles. The highest BCUT2D eigenvalue weighted by atomic mass is 16.5. The van der Waals surface area contributed by atoms with Crippen molar-refractivity contribution in [2.75, 3.05) is 17.7 Å². The van der Waals surface area contributed by atoms with Crippen LogP contribution in [0, 0.1) is 0 Å². The Morgan fingerprint density at radius 2 is 1.43 bits per heavy atom. The number of para-hydroxylation sites is 3. The summed E-state index contributed by atoms with van der Waals surface area (Å²) >= 11 is 0. The summed E-state index contributed by atoms with van der Waals surface area (Å²) in [6, 6.07) is 19.5. The predicted molar refractivity (Wildman–Crippen MR) is 97.3 cm³/mol. The number of benzene rings is 2. The molecule has 0 unspecified atom stereocenters. The third-order valence-corrected chi connectivity index (χ3v) is 4.59. The van der Waals surface area contributed by atoms with E-state index in [2.05, 4.69) is 53.1 Å². The molecule has 2 N–H and O–H groups in total. The summed E-state index contributed by atoms with van der Waals surface area (Å²) in [4.78, 5) is 0. The Bertz CT molecular complexity index is 600. The summed E-state index contributed by atoms with van der Waals surface area (Å²) in [6.45, 7) is 0. The van der Waals surface area contributed by atoms with Crippen LogP contribution < -0.4 is 15.4 Å². The molecule has 1 aliphatic rings. The Kier molecular flexibility index (Phi) is 5.41. The van der Waals surface area contributed by atoms with Gasteiger partial charge in [-0.2, -0.15) is 0 Å². The maximum atomic E-state index is 5.49. The van der Waals surface area contributed by atoms with E-state index in [0.29, 0.717) is 12.1 Å². The van der Waals surface area contributed by atoms with Crippen molar-refractivity contribution in [2.45, 2.75) is 44.2 Å². The molecular weight excluding hydrogens is 284 g/mol. The monoisotopic (exact) mass is 310 g/mol. The minimum Gasteiger partial charge on any atom is -0.495 e. The topological polar surface area (TPSA) is 33.3 Å². The van der Waals surface area contributed by atoms with Crippen molar-refractivity contribution < 1.29 is 4.74 Å². The van der Waals surface area contributed by atoms with Crippen LogP contribution in [0.25, 0.3) is 0 Å². The molecule has 0 bridgehead atoms. The second-order valence-corrected chi connectivity index (χ2v) is 6.21. The first kappa shape index (κ1) is 15.7. The van der Waals surface area contributed by atoms with Crippen molar-refractivity contribution in [3.8, 4) is 5.75 Å². The lowest BCUT2D eigenvalue weighted by atomic mass is 10.0. The van der Waals surface area contributed by atoms with Gasteiger partial charge in [0.25, 0.3) is 0 Å². The Balaban J connectivity index is 1.76. The zero-order valence-electron chi connectivity index (χ0n) is 13.8. The van der Waals surface area contributed by atoms with Crippen LogP contribution in [0.3, 0.4) is 0 Å². The SMILES string of the molecule is COc1ccccc1N[C@@H]1CCCCC[C@H]1Nc1ccccc1. The molecule has 0 amide bonds. The van der Waals surface area contributed by atoms with Crippen LogP contribution in [0.4, 0.5) is 11.4 Å². The van der Waals surface area contributed by atoms with Crippen molar-refractivity contribution in [3.63, 3.8) is 0 Å². The van der Waals surface area contributed by atoms with E-state index in [1.165, 1.54) is 37.8 Å². The molecule has 23 heavy (non-hydrogen) atoms. The number of hydrogen-bond donors (Lipinski definition) is 2. The van der Waals surface area contributed by atoms with Crippen molar-refractivity contribution in [1.29, 1.82) is 0 Å². The lowest BCUT2D eigenvalue weighted by Crippen LogP contribution is -2.38. The van der Waals surface area contributed by atoms with Gasteiger partial charge in [0.1, 0.15) is 5.75 Å². The molecule has 1 fully saturated rings. The second-order valence-electron chi connectivity index (χ2n) is 6.21. The fraction of sp³-hybridized carbons (Fsp3) is 0.400. The molecule has 0 radical (unpaired) electrons. The molecule has 0 heterocycles. The van der Waals surface area contributed by atoms with E-state index in [-0.39, 0.29) is 0 Å². The second kappa shape index (κ2) is 7.91. The average Bonchev–Trinajstić information content (AvgIpc) is 2.82. The number of anilines is 2. The molecule has 2 aromatic rings. The van der Waals surface area contributed by atoms with Crippen LogP contribution in [0.2, 0.25) is 0 Å². The standard InChI is InChI=1S/C20H26N2O/c1-23-20-15-9-8-14-19(20)22-18-13-7-3-6-12-17(18)21-16-10-4-2-5-11-16/h2,4-5,8-11,14-15,17-18,21-22H,3,6-7,12-13H2,1H3/t17-,18-/m1/s1. The fourth-order valence-corrected chi connectivity index (χ4v) is 3.37. The van der Waals surface area contributed by atoms with Crippen LogP contribution in [0.1, 0.15) is 32.1 Å². The van der Waals surface area contributed by atoms with Gasteiger partial charge in [-0.1, -0.05) is 49.6 Å². The molecule has 2 atom stereocenters. The van der Waals surface area contributed by atoms with Gasteiger partial charge in [0.2, 0.25) is 0 Å². The molecular formula is C20H26N2O. The van der Waals surface area contributed by atoms with Crippen LogP contribution >= 0.6 is 0 Å². The average molecular weight is 310 g/mol. The third-order valence-electron chi connectivity index (χ3n) is 4.59. The van der Waals surface area contributed by atoms with Crippen molar-refractivity contribution in [1.82, 2.24) is 0 Å². The minimum absolute atomic E-state index is 0.411. The van der Waals surface area contributed by atoms with Gasteiger partial charge in [0, 0.05) is 17.8 Å². The fourth-order valence-electron chi connectivity index (χ4n) is 3.37. The van der Waals surface area contributed by atoms with Crippen LogP contribution in [0.5, 0.6) is 5.75 Å². The first-order chi connectivity index (χ1) is 11.4. The largest absolute Gasteiger partial charge is 0.495 e. The maximum Gasteiger partial charge on any atom is 0.141 e. The maximum absolute atomic E-state index is 5.49. The molecule has 0 spiro atoms. The number of ether oxygens (including phenoxy) is 1. The highest BCUT2D eigenvalue weighted by molar-refractivity contribution is 5.57. The quantitative estimate of drug-likeness (QED) is 0.769. The highest BCUT2D eigenvalue weighted by Gasteiger charge is 2.24. The van der Waals surface area contributed by atoms with E-state index in [0.717, 1.165) is 11.4 Å². The molecule has 3 rings (SSSR count). The van der Waals surface area contributed by atoms with Gasteiger partial charge in [0.05, 0.1) is 12.8 Å². The van der Waals surface area contributed by atoms with Gasteiger partial charge >= 0.3 is 0 Å². The van der Waals surface area contributed by atoms with Gasteiger partial charge in [-0.3, -0.25) is 0 Å². The van der Waals surface area contributed by atoms with Gasteiger partial charge in [-0.15, -0.1) is 0 Å². The molecule has 1 saturated carbocycles. The summed E-state index contributed by atoms with van der Waals surface area (Å²) in [6.07, 6.45) is 6.26. The Morgan fingerprint density at radius 3 is 2.17 bits per heavy atom. The van der Waals surface area contributed by atoms with Crippen LogP contribution in [-0.4, -0.2) is 19.2 Å². The van der Waals surface area contributed by atoms with Crippen molar-refractivity contribution in [2.24, 2.45) is 0 Å². The molecule has 3 nitrogen and oxygen atoms in total. The van der Waals surface area contributed by atoms with Crippen LogP contribution in [-0.2, 0) is 0 Å². The minimum atomic E-state index is 0.411. The van der Waals surface area contributed by atoms with E-state index in [4.69, 9.17) is 4.74 Å². The van der Waals surface area contributed by atoms with Crippen molar-refractivity contribution >= 4 is 11.4 Å². The lowest BCUT2D eigenvalue weighted by molar-refractivity contribution is 0.415. The normalized spacial score (nSPS) is 21.3. The Hall–Kier alpha value is -2.16. The highest BCUT2D eigenvalue weighted by Crippen LogP contribution is 2.29. The first-order valence-corrected chi connectivity index (χ1v) is 8.58. The van der Waals surface area contributed by atoms with Gasteiger partial charge in [-0.05, 0) is 37.1 Å². The zero-order chi connectivity index (χ0) is 15.9. The smallest absolute Gasteiger partial charge is 0.141 e. The molecule has 0 aliphatic heterocycles. The summed E-state index contributed by atoms with van der Waals surface area (Å²) in [5.74, 6) is 0.912. The molecule has 122 valence electrons. The van der Waals surface area contributed by atoms with Crippen LogP contribution in [0.15, 0.2) is 54.6 Å². The van der Waals surface area contributed by atoms with E-state index < -0.39 is 0 Å². The predicted octanol–water partition coefficient (Wildman–Crippen LogP) is 4.92. The first-order valence-electron chi connectivity index (χ1n) is 8.58. The summed E-state index contributed by atoms with van der Waals surface area (Å²) in [5, 5.41) is 7.45. The van der Waals surface area contributed by atoms with Gasteiger partial charge in [0.15, 0.2) is 0 Å².